The summed E-state index contributed by atoms with van der Waals surface area (Å²) in [7, 11) is -4.35. The van der Waals surface area contributed by atoms with Crippen LogP contribution in [0.15, 0.2) is 52.2 Å². The molecule has 152 valence electrons. The van der Waals surface area contributed by atoms with Crippen molar-refractivity contribution in [1.29, 1.82) is 0 Å². The summed E-state index contributed by atoms with van der Waals surface area (Å²) in [5.41, 5.74) is -2.94. The Labute approximate surface area is 159 Å². The molecule has 3 aromatic rings. The highest BCUT2D eigenvalue weighted by Crippen LogP contribution is 2.34. The van der Waals surface area contributed by atoms with Gasteiger partial charge in [0, 0.05) is 17.7 Å². The van der Waals surface area contributed by atoms with Crippen LogP contribution in [0.3, 0.4) is 0 Å². The van der Waals surface area contributed by atoms with Crippen molar-refractivity contribution in [1.82, 2.24) is 15.2 Å². The van der Waals surface area contributed by atoms with Gasteiger partial charge in [-0.1, -0.05) is 0 Å². The highest BCUT2D eigenvalue weighted by Gasteiger charge is 2.32. The van der Waals surface area contributed by atoms with Crippen LogP contribution in [-0.2, 0) is 16.2 Å². The van der Waals surface area contributed by atoms with E-state index in [1.807, 2.05) is 9.82 Å². The Morgan fingerprint density at radius 2 is 1.76 bits per heavy atom. The van der Waals surface area contributed by atoms with Crippen LogP contribution >= 0.6 is 0 Å². The lowest BCUT2D eigenvalue weighted by Gasteiger charge is -2.13. The molecule has 0 atom stereocenters. The van der Waals surface area contributed by atoms with Gasteiger partial charge in [0.1, 0.15) is 0 Å². The van der Waals surface area contributed by atoms with Crippen LogP contribution < -0.4 is 10.4 Å². The molecule has 0 saturated carbocycles. The number of non-ortho nitro benzene ring substituents is 1. The number of anilines is 1. The molecule has 0 aliphatic carbocycles. The van der Waals surface area contributed by atoms with E-state index < -0.39 is 43.0 Å². The van der Waals surface area contributed by atoms with Crippen molar-refractivity contribution in [3.8, 4) is 11.4 Å². The van der Waals surface area contributed by atoms with E-state index in [1.165, 1.54) is 0 Å². The topological polar surface area (TPSA) is 151 Å². The summed E-state index contributed by atoms with van der Waals surface area (Å²) in [4.78, 5) is 22.9. The van der Waals surface area contributed by atoms with Gasteiger partial charge in [0.25, 0.3) is 15.7 Å². The molecule has 0 bridgehead atoms. The maximum absolute atomic E-state index is 13.2. The zero-order valence-electron chi connectivity index (χ0n) is 14.0. The zero-order valence-corrected chi connectivity index (χ0v) is 14.8. The zero-order chi connectivity index (χ0) is 21.4. The predicted octanol–water partition coefficient (Wildman–Crippen LogP) is 2.49. The minimum absolute atomic E-state index is 0.195. The molecule has 0 fully saturated rings. The van der Waals surface area contributed by atoms with Crippen molar-refractivity contribution in [3.05, 3.63) is 68.6 Å². The number of aromatic nitrogens is 3. The highest BCUT2D eigenvalue weighted by molar-refractivity contribution is 7.92. The molecule has 3 rings (SSSR count). The Kier molecular flexibility index (Phi) is 4.88. The molecular formula is C15H10F3N5O5S. The molecule has 0 aliphatic heterocycles. The van der Waals surface area contributed by atoms with E-state index in [4.69, 9.17) is 0 Å². The fourth-order valence-corrected chi connectivity index (χ4v) is 3.40. The van der Waals surface area contributed by atoms with E-state index in [1.54, 1.807) is 0 Å². The summed E-state index contributed by atoms with van der Waals surface area (Å²) >= 11 is 0. The molecular weight excluding hydrogens is 419 g/mol. The van der Waals surface area contributed by atoms with Crippen molar-refractivity contribution < 1.29 is 26.5 Å². The average molecular weight is 429 g/mol. The van der Waals surface area contributed by atoms with Crippen LogP contribution in [-0.4, -0.2) is 28.5 Å². The second-order valence-corrected chi connectivity index (χ2v) is 7.36. The van der Waals surface area contributed by atoms with Crippen molar-refractivity contribution in [3.63, 3.8) is 0 Å². The third kappa shape index (κ3) is 4.43. The molecule has 0 amide bonds. The Balaban J connectivity index is 2.03. The number of aromatic amines is 2. The number of nitro groups is 1. The molecule has 3 N–H and O–H groups in total. The molecule has 2 aromatic carbocycles. The number of nitrogens with one attached hydrogen (secondary N) is 3. The number of hydrogen-bond donors (Lipinski definition) is 3. The number of nitro benzene ring substituents is 1. The first-order valence-corrected chi connectivity index (χ1v) is 9.09. The van der Waals surface area contributed by atoms with E-state index >= 15 is 0 Å². The quantitative estimate of drug-likeness (QED) is 0.419. The fraction of sp³-hybridized carbons (Fsp3) is 0.0667. The molecule has 29 heavy (non-hydrogen) atoms. The molecule has 0 radical (unpaired) electrons. The van der Waals surface area contributed by atoms with E-state index in [0.29, 0.717) is 12.1 Å². The first-order chi connectivity index (χ1) is 13.5. The lowest BCUT2D eigenvalue weighted by atomic mass is 10.1. The monoisotopic (exact) mass is 429 g/mol. The Hall–Kier alpha value is -3.68. The van der Waals surface area contributed by atoms with Crippen LogP contribution in [0.2, 0.25) is 0 Å². The van der Waals surface area contributed by atoms with Crippen LogP contribution in [0, 0.1) is 10.1 Å². The first kappa shape index (κ1) is 20.1. The number of sulfonamides is 1. The summed E-state index contributed by atoms with van der Waals surface area (Å²) in [5, 5.41) is 16.2. The van der Waals surface area contributed by atoms with Gasteiger partial charge < -0.3 is 0 Å². The minimum atomic E-state index is -4.81. The Morgan fingerprint density at radius 3 is 2.28 bits per heavy atom. The second kappa shape index (κ2) is 7.05. The molecule has 1 heterocycles. The average Bonchev–Trinajstić information content (AvgIpc) is 3.07. The third-order valence-electron chi connectivity index (χ3n) is 3.65. The highest BCUT2D eigenvalue weighted by atomic mass is 32.2. The fourth-order valence-electron chi connectivity index (χ4n) is 2.35. The van der Waals surface area contributed by atoms with Gasteiger partial charge in [-0.2, -0.15) is 18.3 Å². The third-order valence-corrected chi connectivity index (χ3v) is 5.04. The van der Waals surface area contributed by atoms with Gasteiger partial charge in [-0.25, -0.2) is 18.3 Å². The number of halogens is 3. The molecule has 14 heteroatoms. The molecule has 1 aromatic heterocycles. The van der Waals surface area contributed by atoms with Crippen molar-refractivity contribution in [2.45, 2.75) is 11.1 Å². The molecule has 0 saturated heterocycles. The summed E-state index contributed by atoms with van der Waals surface area (Å²) in [6.07, 6.45) is -4.81. The smallest absolute Gasteiger partial charge is 0.289 e. The van der Waals surface area contributed by atoms with Crippen LogP contribution in [0.25, 0.3) is 11.4 Å². The van der Waals surface area contributed by atoms with Gasteiger partial charge in [0.15, 0.2) is 5.82 Å². The van der Waals surface area contributed by atoms with Gasteiger partial charge in [-0.05, 0) is 30.3 Å². The Morgan fingerprint density at radius 1 is 1.10 bits per heavy atom. The maximum atomic E-state index is 13.2. The minimum Gasteiger partial charge on any atom is -0.289 e. The van der Waals surface area contributed by atoms with Crippen molar-refractivity contribution in [2.24, 2.45) is 0 Å². The van der Waals surface area contributed by atoms with Gasteiger partial charge in [-0.3, -0.25) is 19.8 Å². The van der Waals surface area contributed by atoms with Crippen LogP contribution in [0.4, 0.5) is 24.5 Å². The molecule has 0 unspecified atom stereocenters. The summed E-state index contributed by atoms with van der Waals surface area (Å²) < 4.78 is 66.5. The van der Waals surface area contributed by atoms with E-state index in [2.05, 4.69) is 10.1 Å². The summed E-state index contributed by atoms with van der Waals surface area (Å²) in [6.45, 7) is 0. The number of benzene rings is 2. The number of nitrogens with zero attached hydrogens (tertiary/aromatic N) is 2. The summed E-state index contributed by atoms with van der Waals surface area (Å²) in [6, 6.07) is 6.08. The Bertz CT molecular complexity index is 1230. The SMILES string of the molecule is O=c1[nH]nc(-c2cc(NS(=O)(=O)c3ccc([N+](=O)[O-])cc3)cc(C(F)(F)F)c2)[nH]1. The second-order valence-electron chi connectivity index (χ2n) is 5.68. The van der Waals surface area contributed by atoms with Gasteiger partial charge in [0.2, 0.25) is 0 Å². The largest absolute Gasteiger partial charge is 0.416 e. The normalized spacial score (nSPS) is 12.0. The van der Waals surface area contributed by atoms with E-state index in [0.717, 1.165) is 30.3 Å². The van der Waals surface area contributed by atoms with E-state index in [9.17, 15) is 36.5 Å². The number of alkyl halides is 3. The standard InChI is InChI=1S/C15H10F3N5O5S/c16-15(17,18)9-5-8(13-19-14(24)21-20-13)6-10(7-9)22-29(27,28)12-3-1-11(2-4-12)23(25)26/h1-7,22H,(H2,19,20,21,24). The van der Waals surface area contributed by atoms with Crippen molar-refractivity contribution in [2.75, 3.05) is 4.72 Å². The van der Waals surface area contributed by atoms with Gasteiger partial charge in [0.05, 0.1) is 21.1 Å². The van der Waals surface area contributed by atoms with E-state index in [-0.39, 0.29) is 17.1 Å². The van der Waals surface area contributed by atoms with Gasteiger partial charge >= 0.3 is 11.9 Å². The summed E-state index contributed by atoms with van der Waals surface area (Å²) in [5.74, 6) is -0.225. The maximum Gasteiger partial charge on any atom is 0.416 e. The van der Waals surface area contributed by atoms with Crippen LogP contribution in [0.1, 0.15) is 5.56 Å². The predicted molar refractivity (Wildman–Crippen MR) is 93.6 cm³/mol. The molecule has 0 aliphatic rings. The number of H-pyrrole nitrogens is 2. The lowest BCUT2D eigenvalue weighted by molar-refractivity contribution is -0.384. The van der Waals surface area contributed by atoms with Gasteiger partial charge in [-0.15, -0.1) is 0 Å². The van der Waals surface area contributed by atoms with Crippen molar-refractivity contribution >= 4 is 21.4 Å². The number of rotatable bonds is 5. The lowest BCUT2D eigenvalue weighted by Crippen LogP contribution is -2.14. The van der Waals surface area contributed by atoms with Crippen LogP contribution in [0.5, 0.6) is 0 Å². The number of hydrogen-bond acceptors (Lipinski definition) is 6. The first-order valence-electron chi connectivity index (χ1n) is 7.60. The molecule has 0 spiro atoms. The molecule has 10 nitrogen and oxygen atoms in total.